The van der Waals surface area contributed by atoms with Gasteiger partial charge >= 0.3 is 5.97 Å². The lowest BCUT2D eigenvalue weighted by atomic mass is 10.2. The molecule has 5 heteroatoms. The maximum Gasteiger partial charge on any atom is 0.338 e. The van der Waals surface area contributed by atoms with Crippen LogP contribution in [-0.2, 0) is 0 Å². The van der Waals surface area contributed by atoms with Crippen molar-refractivity contribution in [1.29, 1.82) is 0 Å². The lowest BCUT2D eigenvalue weighted by molar-refractivity contribution is 0.0691. The monoisotopic (exact) mass is 289 g/mol. The first kappa shape index (κ1) is 14.4. The van der Waals surface area contributed by atoms with Gasteiger partial charge in [-0.25, -0.2) is 4.79 Å². The van der Waals surface area contributed by atoms with Crippen LogP contribution in [-0.4, -0.2) is 23.2 Å². The van der Waals surface area contributed by atoms with Gasteiger partial charge in [0.15, 0.2) is 0 Å². The second kappa shape index (κ2) is 5.96. The third-order valence-electron chi connectivity index (χ3n) is 2.78. The maximum atomic E-state index is 11.4. The smallest absolute Gasteiger partial charge is 0.338 e. The molecule has 104 valence electrons. The van der Waals surface area contributed by atoms with Gasteiger partial charge in [-0.1, -0.05) is 17.8 Å². The van der Waals surface area contributed by atoms with E-state index in [0.717, 1.165) is 16.3 Å². The van der Waals surface area contributed by atoms with E-state index >= 15 is 0 Å². The van der Waals surface area contributed by atoms with Gasteiger partial charge in [-0.05, 0) is 38.1 Å². The maximum absolute atomic E-state index is 11.4. The van der Waals surface area contributed by atoms with Crippen molar-refractivity contribution in [3.05, 3.63) is 47.3 Å². The third kappa shape index (κ3) is 3.11. The Balaban J connectivity index is 2.44. The molecule has 0 amide bonds. The minimum absolute atomic E-state index is 0.253. The molecule has 1 N–H and O–H groups in total. The van der Waals surface area contributed by atoms with E-state index in [1.807, 2.05) is 31.2 Å². The molecule has 0 aliphatic heterocycles. The number of rotatable bonds is 4. The highest BCUT2D eigenvalue weighted by atomic mass is 32.2. The van der Waals surface area contributed by atoms with Gasteiger partial charge in [-0.15, -0.1) is 0 Å². The number of aromatic carboxylic acids is 1. The van der Waals surface area contributed by atoms with E-state index in [4.69, 9.17) is 4.74 Å². The van der Waals surface area contributed by atoms with Crippen LogP contribution in [0.1, 0.15) is 21.7 Å². The Labute approximate surface area is 121 Å². The van der Waals surface area contributed by atoms with Crippen molar-refractivity contribution in [3.63, 3.8) is 0 Å². The Hall–Kier alpha value is -2.01. The molecular formula is C15H15NO3S. The average molecular weight is 289 g/mol. The molecule has 0 aliphatic rings. The normalized spacial score (nSPS) is 10.3. The number of hydrogen-bond acceptors (Lipinski definition) is 4. The number of carboxylic acids is 1. The molecule has 1 heterocycles. The molecule has 0 saturated carbocycles. The summed E-state index contributed by atoms with van der Waals surface area (Å²) in [5.41, 5.74) is 1.59. The Morgan fingerprint density at radius 2 is 2.05 bits per heavy atom. The Kier molecular flexibility index (Phi) is 4.29. The number of carbonyl (C=O) groups is 1. The molecule has 0 spiro atoms. The summed E-state index contributed by atoms with van der Waals surface area (Å²) in [5, 5.41) is 9.34. The zero-order valence-corrected chi connectivity index (χ0v) is 12.3. The number of benzene rings is 1. The van der Waals surface area contributed by atoms with Gasteiger partial charge in [0.1, 0.15) is 5.75 Å². The zero-order valence-electron chi connectivity index (χ0n) is 11.5. The van der Waals surface area contributed by atoms with Crippen molar-refractivity contribution in [2.75, 3.05) is 7.11 Å². The highest BCUT2D eigenvalue weighted by Crippen LogP contribution is 2.33. The summed E-state index contributed by atoms with van der Waals surface area (Å²) in [6, 6.07) is 9.32. The van der Waals surface area contributed by atoms with Gasteiger partial charge in [0.25, 0.3) is 0 Å². The van der Waals surface area contributed by atoms with Crippen LogP contribution < -0.4 is 4.74 Å². The van der Waals surface area contributed by atoms with Crippen LogP contribution in [0.15, 0.2) is 40.1 Å². The summed E-state index contributed by atoms with van der Waals surface area (Å²) in [6.45, 7) is 3.57. The minimum Gasteiger partial charge on any atom is -0.497 e. The van der Waals surface area contributed by atoms with Crippen LogP contribution in [0.4, 0.5) is 0 Å². The summed E-state index contributed by atoms with van der Waals surface area (Å²) in [5.74, 6) is -0.213. The predicted molar refractivity (Wildman–Crippen MR) is 77.8 cm³/mol. The lowest BCUT2D eigenvalue weighted by Crippen LogP contribution is -2.05. The van der Waals surface area contributed by atoms with Crippen molar-refractivity contribution in [1.82, 2.24) is 4.98 Å². The van der Waals surface area contributed by atoms with E-state index in [0.29, 0.717) is 10.6 Å². The van der Waals surface area contributed by atoms with Crippen LogP contribution in [0.5, 0.6) is 5.75 Å². The quantitative estimate of drug-likeness (QED) is 0.932. The number of pyridine rings is 1. The van der Waals surface area contributed by atoms with Gasteiger partial charge in [0, 0.05) is 15.5 Å². The predicted octanol–water partition coefficient (Wildman–Crippen LogP) is 3.56. The van der Waals surface area contributed by atoms with Crippen molar-refractivity contribution in [2.24, 2.45) is 0 Å². The molecule has 20 heavy (non-hydrogen) atoms. The standard InChI is InChI=1S/C15H15NO3S/c1-9-7-13(14(15(17)18)10(2)16-9)20-12-6-4-5-11(8-12)19-3/h4-8H,1-3H3,(H,17,18). The van der Waals surface area contributed by atoms with Crippen molar-refractivity contribution >= 4 is 17.7 Å². The average Bonchev–Trinajstić information content (AvgIpc) is 2.37. The van der Waals surface area contributed by atoms with Crippen LogP contribution in [0.25, 0.3) is 0 Å². The third-order valence-corrected chi connectivity index (χ3v) is 3.81. The second-order valence-electron chi connectivity index (χ2n) is 4.31. The van der Waals surface area contributed by atoms with Gasteiger partial charge < -0.3 is 9.84 Å². The van der Waals surface area contributed by atoms with Crippen LogP contribution in [0.2, 0.25) is 0 Å². The highest BCUT2D eigenvalue weighted by molar-refractivity contribution is 7.99. The fraction of sp³-hybridized carbons (Fsp3) is 0.200. The molecule has 0 unspecified atom stereocenters. The topological polar surface area (TPSA) is 59.4 Å². The van der Waals surface area contributed by atoms with Crippen molar-refractivity contribution < 1.29 is 14.6 Å². The molecule has 2 rings (SSSR count). The first-order valence-corrected chi connectivity index (χ1v) is 6.86. The highest BCUT2D eigenvalue weighted by Gasteiger charge is 2.16. The van der Waals surface area contributed by atoms with E-state index in [9.17, 15) is 9.90 Å². The van der Waals surface area contributed by atoms with Gasteiger partial charge in [-0.3, -0.25) is 4.98 Å². The SMILES string of the molecule is COc1cccc(Sc2cc(C)nc(C)c2C(=O)O)c1. The van der Waals surface area contributed by atoms with E-state index in [1.165, 1.54) is 11.8 Å². The van der Waals surface area contributed by atoms with Gasteiger partial charge in [-0.2, -0.15) is 0 Å². The second-order valence-corrected chi connectivity index (χ2v) is 5.42. The van der Waals surface area contributed by atoms with E-state index in [2.05, 4.69) is 4.98 Å². The number of methoxy groups -OCH3 is 1. The van der Waals surface area contributed by atoms with Crippen molar-refractivity contribution in [2.45, 2.75) is 23.6 Å². The molecule has 0 bridgehead atoms. The molecule has 0 radical (unpaired) electrons. The molecule has 4 nitrogen and oxygen atoms in total. The van der Waals surface area contributed by atoms with Gasteiger partial charge in [0.05, 0.1) is 18.4 Å². The Bertz CT molecular complexity index is 656. The van der Waals surface area contributed by atoms with E-state index in [1.54, 1.807) is 20.1 Å². The van der Waals surface area contributed by atoms with E-state index in [-0.39, 0.29) is 5.56 Å². The Morgan fingerprint density at radius 3 is 2.70 bits per heavy atom. The fourth-order valence-corrected chi connectivity index (χ4v) is 3.07. The lowest BCUT2D eigenvalue weighted by Gasteiger charge is -2.10. The molecule has 2 aromatic rings. The molecular weight excluding hydrogens is 274 g/mol. The molecule has 0 fully saturated rings. The molecule has 1 aromatic heterocycles. The van der Waals surface area contributed by atoms with Crippen LogP contribution in [0.3, 0.4) is 0 Å². The largest absolute Gasteiger partial charge is 0.497 e. The number of aromatic nitrogens is 1. The molecule has 0 aliphatic carbocycles. The number of nitrogens with zero attached hydrogens (tertiary/aromatic N) is 1. The summed E-state index contributed by atoms with van der Waals surface area (Å²) in [4.78, 5) is 17.2. The number of hydrogen-bond donors (Lipinski definition) is 1. The van der Waals surface area contributed by atoms with E-state index < -0.39 is 5.97 Å². The molecule has 1 aromatic carbocycles. The summed E-state index contributed by atoms with van der Waals surface area (Å²) < 4.78 is 5.18. The first-order valence-electron chi connectivity index (χ1n) is 6.04. The minimum atomic E-state index is -0.958. The van der Waals surface area contributed by atoms with Gasteiger partial charge in [0.2, 0.25) is 0 Å². The first-order chi connectivity index (χ1) is 9.51. The fourth-order valence-electron chi connectivity index (χ4n) is 1.93. The summed E-state index contributed by atoms with van der Waals surface area (Å²) >= 11 is 1.40. The van der Waals surface area contributed by atoms with Crippen molar-refractivity contribution in [3.8, 4) is 5.75 Å². The molecule has 0 atom stereocenters. The van der Waals surface area contributed by atoms with Crippen LogP contribution >= 0.6 is 11.8 Å². The number of aryl methyl sites for hydroxylation is 2. The molecule has 0 saturated heterocycles. The number of carboxylic acid groups (broad SMARTS) is 1. The number of ether oxygens (including phenoxy) is 1. The van der Waals surface area contributed by atoms with Crippen LogP contribution in [0, 0.1) is 13.8 Å². The summed E-state index contributed by atoms with van der Waals surface area (Å²) in [6.07, 6.45) is 0. The Morgan fingerprint density at radius 1 is 1.30 bits per heavy atom. The zero-order chi connectivity index (χ0) is 14.7. The summed E-state index contributed by atoms with van der Waals surface area (Å²) in [7, 11) is 1.60.